The average Bonchev–Trinajstić information content (AvgIpc) is 2.62. The Hall–Kier alpha value is -1.58. The Bertz CT molecular complexity index is 480. The molecular weight excluding hydrogens is 238 g/mol. The molecule has 0 radical (unpaired) electrons. The number of aromatic nitrogens is 2. The van der Waals surface area contributed by atoms with Crippen molar-refractivity contribution >= 4 is 12.0 Å². The van der Waals surface area contributed by atoms with Crippen molar-refractivity contribution in [3.8, 4) is 0 Å². The largest absolute Gasteiger partial charge is 0.339 e. The van der Waals surface area contributed by atoms with Crippen molar-refractivity contribution < 1.29 is 4.79 Å². The quantitative estimate of drug-likeness (QED) is 0.767. The van der Waals surface area contributed by atoms with Crippen LogP contribution in [0.25, 0.3) is 6.08 Å². The molecule has 0 N–H and O–H groups in total. The highest BCUT2D eigenvalue weighted by atomic mass is 16.2. The van der Waals surface area contributed by atoms with Gasteiger partial charge in [-0.05, 0) is 32.8 Å². The minimum atomic E-state index is 0.129. The minimum absolute atomic E-state index is 0.129. The van der Waals surface area contributed by atoms with E-state index in [9.17, 15) is 4.79 Å². The summed E-state index contributed by atoms with van der Waals surface area (Å²) in [7, 11) is 1.93. The van der Waals surface area contributed by atoms with E-state index in [1.165, 1.54) is 12.8 Å². The smallest absolute Gasteiger partial charge is 0.246 e. The third kappa shape index (κ3) is 3.25. The van der Waals surface area contributed by atoms with Gasteiger partial charge in [-0.1, -0.05) is 12.8 Å². The van der Waals surface area contributed by atoms with Crippen LogP contribution in [-0.4, -0.2) is 33.7 Å². The van der Waals surface area contributed by atoms with Crippen LogP contribution in [0.1, 0.15) is 42.6 Å². The van der Waals surface area contributed by atoms with Crippen LogP contribution in [0.15, 0.2) is 6.08 Å². The van der Waals surface area contributed by atoms with Crippen molar-refractivity contribution in [3.05, 3.63) is 23.0 Å². The summed E-state index contributed by atoms with van der Waals surface area (Å²) in [6, 6.07) is 0. The van der Waals surface area contributed by atoms with Gasteiger partial charge in [0.25, 0.3) is 0 Å². The molecule has 1 amide bonds. The Labute approximate surface area is 115 Å². The fraction of sp³-hybridized carbons (Fsp3) is 0.600. The lowest BCUT2D eigenvalue weighted by Gasteiger charge is -2.17. The van der Waals surface area contributed by atoms with Crippen molar-refractivity contribution in [2.24, 2.45) is 7.05 Å². The number of nitrogens with zero attached hydrogens (tertiary/aromatic N) is 3. The highest BCUT2D eigenvalue weighted by molar-refractivity contribution is 5.92. The zero-order chi connectivity index (χ0) is 13.8. The first-order chi connectivity index (χ1) is 9.09. The SMILES string of the molecule is Cc1nn(C)c(C)c1/C=C\C(=O)N1CCCCCC1. The Kier molecular flexibility index (Phi) is 4.40. The number of amides is 1. The van der Waals surface area contributed by atoms with E-state index >= 15 is 0 Å². The van der Waals surface area contributed by atoms with Crippen molar-refractivity contribution in [2.75, 3.05) is 13.1 Å². The summed E-state index contributed by atoms with van der Waals surface area (Å²) in [6.07, 6.45) is 8.35. The summed E-state index contributed by atoms with van der Waals surface area (Å²) < 4.78 is 1.85. The molecule has 0 spiro atoms. The monoisotopic (exact) mass is 261 g/mol. The Morgan fingerprint density at radius 1 is 1.16 bits per heavy atom. The Morgan fingerprint density at radius 2 is 1.79 bits per heavy atom. The summed E-state index contributed by atoms with van der Waals surface area (Å²) in [4.78, 5) is 14.1. The lowest BCUT2D eigenvalue weighted by Crippen LogP contribution is -2.30. The van der Waals surface area contributed by atoms with Gasteiger partial charge in [0.2, 0.25) is 5.91 Å². The Morgan fingerprint density at radius 3 is 2.32 bits per heavy atom. The first-order valence-electron chi connectivity index (χ1n) is 7.07. The molecule has 1 aromatic rings. The highest BCUT2D eigenvalue weighted by Gasteiger charge is 2.13. The molecular formula is C15H23N3O. The van der Waals surface area contributed by atoms with Crippen LogP contribution in [0.2, 0.25) is 0 Å². The van der Waals surface area contributed by atoms with Gasteiger partial charge in [0.15, 0.2) is 0 Å². The van der Waals surface area contributed by atoms with Crippen LogP contribution in [0.4, 0.5) is 0 Å². The minimum Gasteiger partial charge on any atom is -0.339 e. The fourth-order valence-electron chi connectivity index (χ4n) is 2.58. The molecule has 0 unspecified atom stereocenters. The summed E-state index contributed by atoms with van der Waals surface area (Å²) in [5, 5.41) is 4.36. The molecule has 4 nitrogen and oxygen atoms in total. The molecule has 0 atom stereocenters. The average molecular weight is 261 g/mol. The molecule has 4 heteroatoms. The van der Waals surface area contributed by atoms with Gasteiger partial charge in [0.1, 0.15) is 0 Å². The maximum absolute atomic E-state index is 12.2. The third-order valence-corrected chi connectivity index (χ3v) is 3.88. The number of rotatable bonds is 2. The Balaban J connectivity index is 2.06. The van der Waals surface area contributed by atoms with E-state index in [1.807, 2.05) is 36.6 Å². The molecule has 0 saturated carbocycles. The number of likely N-dealkylation sites (tertiary alicyclic amines) is 1. The third-order valence-electron chi connectivity index (χ3n) is 3.88. The topological polar surface area (TPSA) is 38.1 Å². The molecule has 1 fully saturated rings. The normalized spacial score (nSPS) is 16.9. The molecule has 2 heterocycles. The van der Waals surface area contributed by atoms with Gasteiger partial charge < -0.3 is 4.90 Å². The molecule has 1 aliphatic heterocycles. The number of carbonyl (C=O) groups excluding carboxylic acids is 1. The first-order valence-corrected chi connectivity index (χ1v) is 7.07. The van der Waals surface area contributed by atoms with E-state index in [1.54, 1.807) is 6.08 Å². The summed E-state index contributed by atoms with van der Waals surface area (Å²) >= 11 is 0. The molecule has 0 bridgehead atoms. The maximum atomic E-state index is 12.2. The van der Waals surface area contributed by atoms with Gasteiger partial charge in [0, 0.05) is 37.5 Å². The second kappa shape index (κ2) is 6.04. The van der Waals surface area contributed by atoms with Gasteiger partial charge in [-0.15, -0.1) is 0 Å². The van der Waals surface area contributed by atoms with E-state index in [0.717, 1.165) is 42.9 Å². The summed E-state index contributed by atoms with van der Waals surface area (Å²) in [5.41, 5.74) is 3.13. The molecule has 0 aliphatic carbocycles. The molecule has 1 aromatic heterocycles. The summed E-state index contributed by atoms with van der Waals surface area (Å²) in [6.45, 7) is 5.79. The van der Waals surface area contributed by atoms with Crippen molar-refractivity contribution in [2.45, 2.75) is 39.5 Å². The molecule has 104 valence electrons. The van der Waals surface area contributed by atoms with Gasteiger partial charge in [-0.25, -0.2) is 0 Å². The number of hydrogen-bond donors (Lipinski definition) is 0. The number of aryl methyl sites for hydroxylation is 2. The number of hydrogen-bond acceptors (Lipinski definition) is 2. The number of carbonyl (C=O) groups is 1. The van der Waals surface area contributed by atoms with Gasteiger partial charge >= 0.3 is 0 Å². The molecule has 1 aliphatic rings. The van der Waals surface area contributed by atoms with Gasteiger partial charge in [-0.3, -0.25) is 9.48 Å². The van der Waals surface area contributed by atoms with Gasteiger partial charge in [0.05, 0.1) is 5.69 Å². The van der Waals surface area contributed by atoms with E-state index in [2.05, 4.69) is 5.10 Å². The molecule has 19 heavy (non-hydrogen) atoms. The van der Waals surface area contributed by atoms with Crippen LogP contribution >= 0.6 is 0 Å². The zero-order valence-corrected chi connectivity index (χ0v) is 12.1. The van der Waals surface area contributed by atoms with E-state index in [4.69, 9.17) is 0 Å². The van der Waals surface area contributed by atoms with Crippen LogP contribution in [0.3, 0.4) is 0 Å². The predicted molar refractivity (Wildman–Crippen MR) is 76.8 cm³/mol. The van der Waals surface area contributed by atoms with Crippen molar-refractivity contribution in [3.63, 3.8) is 0 Å². The second-order valence-corrected chi connectivity index (χ2v) is 5.28. The van der Waals surface area contributed by atoms with Crippen LogP contribution in [-0.2, 0) is 11.8 Å². The van der Waals surface area contributed by atoms with Gasteiger partial charge in [-0.2, -0.15) is 5.10 Å². The van der Waals surface area contributed by atoms with Crippen LogP contribution in [0.5, 0.6) is 0 Å². The molecule has 0 aromatic carbocycles. The van der Waals surface area contributed by atoms with Crippen molar-refractivity contribution in [1.82, 2.24) is 14.7 Å². The van der Waals surface area contributed by atoms with Crippen LogP contribution < -0.4 is 0 Å². The molecule has 1 saturated heterocycles. The van der Waals surface area contributed by atoms with Crippen molar-refractivity contribution in [1.29, 1.82) is 0 Å². The maximum Gasteiger partial charge on any atom is 0.246 e. The lowest BCUT2D eigenvalue weighted by atomic mass is 10.2. The van der Waals surface area contributed by atoms with Crippen LogP contribution in [0, 0.1) is 13.8 Å². The van der Waals surface area contributed by atoms with E-state index in [0.29, 0.717) is 0 Å². The lowest BCUT2D eigenvalue weighted by molar-refractivity contribution is -0.125. The second-order valence-electron chi connectivity index (χ2n) is 5.28. The predicted octanol–water partition coefficient (Wildman–Crippen LogP) is 2.45. The molecule has 2 rings (SSSR count). The zero-order valence-electron chi connectivity index (χ0n) is 12.1. The highest BCUT2D eigenvalue weighted by Crippen LogP contribution is 2.15. The summed E-state index contributed by atoms with van der Waals surface area (Å²) in [5.74, 6) is 0.129. The first kappa shape index (κ1) is 13.8. The van der Waals surface area contributed by atoms with E-state index in [-0.39, 0.29) is 5.91 Å². The van der Waals surface area contributed by atoms with E-state index < -0.39 is 0 Å². The standard InChI is InChI=1S/C15H23N3O/c1-12-14(13(2)17(3)16-12)8-9-15(19)18-10-6-4-5-7-11-18/h8-9H,4-7,10-11H2,1-3H3/b9-8-. The fourth-order valence-corrected chi connectivity index (χ4v) is 2.58.